The maximum atomic E-state index is 11.8. The third kappa shape index (κ3) is 3.17. The molecule has 1 saturated heterocycles. The number of aliphatic carboxylic acids is 1. The first-order valence-corrected chi connectivity index (χ1v) is 6.68. The molecule has 3 unspecified atom stereocenters. The van der Waals surface area contributed by atoms with Crippen molar-refractivity contribution < 1.29 is 24.6 Å². The molecule has 21 heavy (non-hydrogen) atoms. The minimum Gasteiger partial charge on any atom is -0.478 e. The van der Waals surface area contributed by atoms with Crippen molar-refractivity contribution in [1.82, 2.24) is 10.2 Å². The number of β-lactam (4-membered cyclic amide) rings is 1. The molecule has 7 nitrogen and oxygen atoms in total. The molecule has 0 saturated carbocycles. The maximum Gasteiger partial charge on any atom is 0.354 e. The molecule has 3 N–H and O–H groups in total. The summed E-state index contributed by atoms with van der Waals surface area (Å²) in [6, 6.07) is 8.04. The Morgan fingerprint density at radius 3 is 2.48 bits per heavy atom. The van der Waals surface area contributed by atoms with Crippen molar-refractivity contribution in [2.45, 2.75) is 24.1 Å². The van der Waals surface area contributed by atoms with Crippen molar-refractivity contribution in [2.24, 2.45) is 0 Å². The number of aliphatic hydroxyl groups excluding tert-OH is 1. The number of nitrogens with one attached hydrogen (secondary N) is 1. The molecule has 8 heteroatoms. The number of benzene rings is 1. The average molecular weight is 310 g/mol. The van der Waals surface area contributed by atoms with Crippen LogP contribution in [-0.4, -0.2) is 50.5 Å². The standard InChI is InChI=1S/C13H14N2O5S/c16-8(6-7-4-2-1-3-5-7)14-9-10(17)15(12(9)21)11(18)13(19)20/h1-5,9,11-12,18,21H,6H2,(H,14,16)(H,19,20). The van der Waals surface area contributed by atoms with E-state index in [1.807, 2.05) is 6.07 Å². The SMILES string of the molecule is O=C(Cc1ccccc1)NC1C(=O)N(C(O)C(=O)O)C1S. The summed E-state index contributed by atoms with van der Waals surface area (Å²) < 4.78 is 0. The van der Waals surface area contributed by atoms with E-state index in [2.05, 4.69) is 17.9 Å². The zero-order valence-corrected chi connectivity index (χ0v) is 11.7. The summed E-state index contributed by atoms with van der Waals surface area (Å²) >= 11 is 4.04. The molecule has 1 aromatic carbocycles. The molecule has 112 valence electrons. The van der Waals surface area contributed by atoms with E-state index in [4.69, 9.17) is 5.11 Å². The molecule has 0 bridgehead atoms. The second kappa shape index (κ2) is 6.15. The van der Waals surface area contributed by atoms with Crippen LogP contribution >= 0.6 is 12.6 Å². The summed E-state index contributed by atoms with van der Waals surface area (Å²) in [5, 5.41) is 19.6. The Balaban J connectivity index is 1.91. The average Bonchev–Trinajstić information content (AvgIpc) is 2.46. The summed E-state index contributed by atoms with van der Waals surface area (Å²) in [6.45, 7) is 0. The molecule has 1 aromatic rings. The van der Waals surface area contributed by atoms with Crippen molar-refractivity contribution in [3.63, 3.8) is 0 Å². The fraction of sp³-hybridized carbons (Fsp3) is 0.308. The van der Waals surface area contributed by atoms with Gasteiger partial charge >= 0.3 is 5.97 Å². The maximum absolute atomic E-state index is 11.8. The Morgan fingerprint density at radius 1 is 1.33 bits per heavy atom. The molecule has 2 amide bonds. The third-order valence-electron chi connectivity index (χ3n) is 3.11. The van der Waals surface area contributed by atoms with Gasteiger partial charge in [-0.05, 0) is 5.56 Å². The van der Waals surface area contributed by atoms with Crippen LogP contribution in [0.25, 0.3) is 0 Å². The van der Waals surface area contributed by atoms with E-state index in [0.29, 0.717) is 4.90 Å². The number of thiol groups is 1. The Labute approximate surface area is 126 Å². The number of carboxylic acid groups (broad SMARTS) is 1. The number of likely N-dealkylation sites (tertiary alicyclic amines) is 1. The lowest BCUT2D eigenvalue weighted by molar-refractivity contribution is -0.178. The number of amides is 2. The molecular weight excluding hydrogens is 296 g/mol. The predicted octanol–water partition coefficient (Wildman–Crippen LogP) is -0.785. The Kier molecular flexibility index (Phi) is 4.49. The largest absolute Gasteiger partial charge is 0.478 e. The van der Waals surface area contributed by atoms with Crippen LogP contribution in [0.1, 0.15) is 5.56 Å². The van der Waals surface area contributed by atoms with Gasteiger partial charge in [-0.1, -0.05) is 30.3 Å². The second-order valence-electron chi connectivity index (χ2n) is 4.58. The fourth-order valence-corrected chi connectivity index (χ4v) is 2.47. The number of nitrogens with zero attached hydrogens (tertiary/aromatic N) is 1. The van der Waals surface area contributed by atoms with Gasteiger partial charge in [0, 0.05) is 0 Å². The first kappa shape index (κ1) is 15.3. The molecule has 0 aromatic heterocycles. The van der Waals surface area contributed by atoms with E-state index in [0.717, 1.165) is 5.56 Å². The van der Waals surface area contributed by atoms with Gasteiger partial charge in [0.2, 0.25) is 12.1 Å². The monoisotopic (exact) mass is 310 g/mol. The minimum atomic E-state index is -1.96. The number of carboxylic acids is 1. The minimum absolute atomic E-state index is 0.104. The van der Waals surface area contributed by atoms with Gasteiger partial charge in [-0.2, -0.15) is 12.6 Å². The number of carbonyl (C=O) groups is 3. The summed E-state index contributed by atoms with van der Waals surface area (Å²) in [4.78, 5) is 34.9. The summed E-state index contributed by atoms with van der Waals surface area (Å²) in [6.07, 6.45) is -1.85. The van der Waals surface area contributed by atoms with Crippen LogP contribution < -0.4 is 5.32 Å². The molecular formula is C13H14N2O5S. The van der Waals surface area contributed by atoms with Crippen LogP contribution in [0, 0.1) is 0 Å². The molecule has 0 aliphatic carbocycles. The number of aliphatic hydroxyl groups is 1. The lowest BCUT2D eigenvalue weighted by atomic mass is 10.1. The topological polar surface area (TPSA) is 107 Å². The smallest absolute Gasteiger partial charge is 0.354 e. The van der Waals surface area contributed by atoms with Gasteiger partial charge in [0.1, 0.15) is 11.4 Å². The number of hydrogen-bond acceptors (Lipinski definition) is 5. The normalized spacial score (nSPS) is 22.4. The van der Waals surface area contributed by atoms with E-state index < -0.39 is 29.5 Å². The van der Waals surface area contributed by atoms with Gasteiger partial charge in [0.25, 0.3) is 5.91 Å². The summed E-state index contributed by atoms with van der Waals surface area (Å²) in [5.41, 5.74) is 0.792. The lowest BCUT2D eigenvalue weighted by Gasteiger charge is -2.45. The van der Waals surface area contributed by atoms with Gasteiger partial charge in [0.05, 0.1) is 6.42 Å². The highest BCUT2D eigenvalue weighted by atomic mass is 32.1. The first-order chi connectivity index (χ1) is 9.91. The van der Waals surface area contributed by atoms with Gasteiger partial charge in [-0.25, -0.2) is 4.79 Å². The summed E-state index contributed by atoms with van der Waals surface area (Å²) in [5.74, 6) is -2.59. The van der Waals surface area contributed by atoms with Crippen molar-refractivity contribution in [1.29, 1.82) is 0 Å². The van der Waals surface area contributed by atoms with E-state index >= 15 is 0 Å². The lowest BCUT2D eigenvalue weighted by Crippen LogP contribution is -2.72. The van der Waals surface area contributed by atoms with Crippen molar-refractivity contribution >= 4 is 30.4 Å². The summed E-state index contributed by atoms with van der Waals surface area (Å²) in [7, 11) is 0. The molecule has 1 fully saturated rings. The van der Waals surface area contributed by atoms with Gasteiger partial charge in [0.15, 0.2) is 0 Å². The van der Waals surface area contributed by atoms with Crippen LogP contribution in [-0.2, 0) is 20.8 Å². The molecule has 3 atom stereocenters. The number of hydrogen-bond donors (Lipinski definition) is 4. The van der Waals surface area contributed by atoms with E-state index in [1.54, 1.807) is 24.3 Å². The van der Waals surface area contributed by atoms with E-state index in [-0.39, 0.29) is 12.3 Å². The third-order valence-corrected chi connectivity index (χ3v) is 3.66. The fourth-order valence-electron chi connectivity index (χ4n) is 2.02. The zero-order valence-electron chi connectivity index (χ0n) is 10.8. The van der Waals surface area contributed by atoms with Gasteiger partial charge < -0.3 is 15.5 Å². The number of carbonyl (C=O) groups excluding carboxylic acids is 2. The van der Waals surface area contributed by atoms with Crippen LogP contribution in [0.3, 0.4) is 0 Å². The molecule has 0 radical (unpaired) electrons. The highest BCUT2D eigenvalue weighted by Gasteiger charge is 2.50. The molecule has 0 spiro atoms. The van der Waals surface area contributed by atoms with Crippen molar-refractivity contribution in [3.05, 3.63) is 35.9 Å². The predicted molar refractivity (Wildman–Crippen MR) is 75.3 cm³/mol. The molecule has 2 rings (SSSR count). The van der Waals surface area contributed by atoms with Crippen LogP contribution in [0.2, 0.25) is 0 Å². The second-order valence-corrected chi connectivity index (χ2v) is 5.11. The highest BCUT2D eigenvalue weighted by Crippen LogP contribution is 2.25. The van der Waals surface area contributed by atoms with Crippen molar-refractivity contribution in [2.75, 3.05) is 0 Å². The Morgan fingerprint density at radius 2 is 1.95 bits per heavy atom. The molecule has 1 aliphatic heterocycles. The van der Waals surface area contributed by atoms with Gasteiger partial charge in [-0.15, -0.1) is 0 Å². The Bertz CT molecular complexity index is 565. The van der Waals surface area contributed by atoms with Crippen LogP contribution in [0.15, 0.2) is 30.3 Å². The first-order valence-electron chi connectivity index (χ1n) is 6.16. The van der Waals surface area contributed by atoms with Crippen molar-refractivity contribution in [3.8, 4) is 0 Å². The molecule has 1 heterocycles. The molecule has 1 aliphatic rings. The quantitative estimate of drug-likeness (QED) is 0.421. The zero-order chi connectivity index (χ0) is 15.6. The Hall–Kier alpha value is -2.06. The van der Waals surface area contributed by atoms with Crippen LogP contribution in [0.5, 0.6) is 0 Å². The van der Waals surface area contributed by atoms with E-state index in [1.165, 1.54) is 0 Å². The van der Waals surface area contributed by atoms with Crippen LogP contribution in [0.4, 0.5) is 0 Å². The van der Waals surface area contributed by atoms with Gasteiger partial charge in [-0.3, -0.25) is 14.5 Å². The highest BCUT2D eigenvalue weighted by molar-refractivity contribution is 7.81. The van der Waals surface area contributed by atoms with E-state index in [9.17, 15) is 19.5 Å². The number of rotatable bonds is 5.